The summed E-state index contributed by atoms with van der Waals surface area (Å²) in [4.78, 5) is 0.868. The van der Waals surface area contributed by atoms with Crippen molar-refractivity contribution in [2.75, 3.05) is 5.75 Å². The van der Waals surface area contributed by atoms with Crippen LogP contribution in [0, 0.1) is 6.92 Å². The Morgan fingerprint density at radius 3 is 2.58 bits per heavy atom. The average molecular weight is 281 g/mol. The standard InChI is InChI=1S/C15H23NO2S/c1-11-5-7-13(8-6-11)19(17)10-14-16-15(3,4)9-12(2)18-14/h5-8,12,14,16H,9-10H2,1-4H3/t12?,14?,19-/m1/s1. The van der Waals surface area contributed by atoms with Gasteiger partial charge in [-0.3, -0.25) is 9.53 Å². The first-order valence-corrected chi connectivity index (χ1v) is 8.06. The number of rotatable bonds is 3. The van der Waals surface area contributed by atoms with Crippen molar-refractivity contribution in [3.8, 4) is 0 Å². The molecule has 1 fully saturated rings. The van der Waals surface area contributed by atoms with Crippen molar-refractivity contribution in [2.45, 2.75) is 56.9 Å². The number of aryl methyl sites for hydroxylation is 1. The zero-order valence-electron chi connectivity index (χ0n) is 12.1. The van der Waals surface area contributed by atoms with Crippen LogP contribution in [0.15, 0.2) is 29.2 Å². The lowest BCUT2D eigenvalue weighted by atomic mass is 9.95. The van der Waals surface area contributed by atoms with Gasteiger partial charge in [-0.15, -0.1) is 0 Å². The van der Waals surface area contributed by atoms with Crippen molar-refractivity contribution in [2.24, 2.45) is 0 Å². The summed E-state index contributed by atoms with van der Waals surface area (Å²) in [6.07, 6.45) is 1.04. The minimum atomic E-state index is -1.02. The van der Waals surface area contributed by atoms with E-state index in [0.717, 1.165) is 11.3 Å². The van der Waals surface area contributed by atoms with Crippen LogP contribution < -0.4 is 5.32 Å². The van der Waals surface area contributed by atoms with E-state index in [-0.39, 0.29) is 17.9 Å². The second-order valence-electron chi connectivity index (χ2n) is 5.99. The van der Waals surface area contributed by atoms with Crippen LogP contribution in [-0.4, -0.2) is 27.8 Å². The molecule has 1 aliphatic heterocycles. The van der Waals surface area contributed by atoms with Gasteiger partial charge >= 0.3 is 0 Å². The van der Waals surface area contributed by atoms with Crippen LogP contribution in [-0.2, 0) is 15.5 Å². The van der Waals surface area contributed by atoms with Crippen molar-refractivity contribution in [3.05, 3.63) is 29.8 Å². The number of nitrogens with one attached hydrogen (secondary N) is 1. The summed E-state index contributed by atoms with van der Waals surface area (Å²) in [6.45, 7) is 8.43. The van der Waals surface area contributed by atoms with Gasteiger partial charge in [0, 0.05) is 10.4 Å². The van der Waals surface area contributed by atoms with Crippen molar-refractivity contribution in [1.82, 2.24) is 5.32 Å². The Balaban J connectivity index is 2.00. The molecule has 0 saturated carbocycles. The van der Waals surface area contributed by atoms with Crippen molar-refractivity contribution < 1.29 is 8.95 Å². The largest absolute Gasteiger partial charge is 0.359 e. The van der Waals surface area contributed by atoms with E-state index in [1.807, 2.05) is 31.2 Å². The molecule has 1 aromatic rings. The minimum Gasteiger partial charge on any atom is -0.359 e. The molecule has 0 spiro atoms. The molecule has 2 rings (SSSR count). The van der Waals surface area contributed by atoms with E-state index >= 15 is 0 Å². The fourth-order valence-corrected chi connectivity index (χ4v) is 3.65. The zero-order valence-corrected chi connectivity index (χ0v) is 12.9. The third-order valence-corrected chi connectivity index (χ3v) is 4.74. The predicted octanol–water partition coefficient (Wildman–Crippen LogP) is 2.61. The second-order valence-corrected chi connectivity index (χ2v) is 7.49. The quantitative estimate of drug-likeness (QED) is 0.925. The predicted molar refractivity (Wildman–Crippen MR) is 78.6 cm³/mol. The Hall–Kier alpha value is -0.710. The summed E-state index contributed by atoms with van der Waals surface area (Å²) >= 11 is 0. The third-order valence-electron chi connectivity index (χ3n) is 3.33. The number of hydrogen-bond acceptors (Lipinski definition) is 3. The van der Waals surface area contributed by atoms with Crippen LogP contribution in [0.1, 0.15) is 32.8 Å². The molecule has 19 heavy (non-hydrogen) atoms. The monoisotopic (exact) mass is 281 g/mol. The van der Waals surface area contributed by atoms with E-state index in [9.17, 15) is 4.21 Å². The highest BCUT2D eigenvalue weighted by molar-refractivity contribution is 7.85. The highest BCUT2D eigenvalue weighted by Gasteiger charge is 2.32. The van der Waals surface area contributed by atoms with E-state index in [1.165, 1.54) is 5.56 Å². The van der Waals surface area contributed by atoms with Crippen LogP contribution in [0.25, 0.3) is 0 Å². The van der Waals surface area contributed by atoms with E-state index < -0.39 is 10.8 Å². The summed E-state index contributed by atoms with van der Waals surface area (Å²) in [5.74, 6) is 0.497. The molecule has 1 N–H and O–H groups in total. The molecule has 2 unspecified atom stereocenters. The number of hydrogen-bond donors (Lipinski definition) is 1. The lowest BCUT2D eigenvalue weighted by Gasteiger charge is -2.40. The molecule has 1 heterocycles. The molecule has 1 saturated heterocycles. The van der Waals surface area contributed by atoms with Gasteiger partial charge in [0.15, 0.2) is 0 Å². The Morgan fingerprint density at radius 1 is 1.37 bits per heavy atom. The summed E-state index contributed by atoms with van der Waals surface area (Å²) in [6, 6.07) is 7.86. The molecule has 106 valence electrons. The lowest BCUT2D eigenvalue weighted by Crippen LogP contribution is -2.56. The molecule has 3 atom stereocenters. The fraction of sp³-hybridized carbons (Fsp3) is 0.600. The van der Waals surface area contributed by atoms with Crippen molar-refractivity contribution >= 4 is 10.8 Å². The van der Waals surface area contributed by atoms with E-state index in [2.05, 4.69) is 26.1 Å². The Morgan fingerprint density at radius 2 is 2.00 bits per heavy atom. The fourth-order valence-electron chi connectivity index (χ4n) is 2.58. The zero-order chi connectivity index (χ0) is 14.0. The van der Waals surface area contributed by atoms with E-state index in [0.29, 0.717) is 5.75 Å². The van der Waals surface area contributed by atoms with E-state index in [4.69, 9.17) is 4.74 Å². The summed E-state index contributed by atoms with van der Waals surface area (Å²) in [5.41, 5.74) is 1.22. The highest BCUT2D eigenvalue weighted by atomic mass is 32.2. The van der Waals surface area contributed by atoms with Crippen LogP contribution in [0.2, 0.25) is 0 Å². The SMILES string of the molecule is Cc1ccc([S@](=O)CC2NC(C)(C)CC(C)O2)cc1. The van der Waals surface area contributed by atoms with Crippen LogP contribution >= 0.6 is 0 Å². The van der Waals surface area contributed by atoms with Gasteiger partial charge in [-0.25, -0.2) is 0 Å². The number of ether oxygens (including phenoxy) is 1. The Kier molecular flexibility index (Phi) is 4.43. The van der Waals surface area contributed by atoms with Gasteiger partial charge in [-0.05, 0) is 46.2 Å². The third kappa shape index (κ3) is 4.13. The van der Waals surface area contributed by atoms with Crippen LogP contribution in [0.5, 0.6) is 0 Å². The maximum atomic E-state index is 12.3. The van der Waals surface area contributed by atoms with Gasteiger partial charge in [0.25, 0.3) is 0 Å². The van der Waals surface area contributed by atoms with Gasteiger partial charge in [-0.2, -0.15) is 0 Å². The van der Waals surface area contributed by atoms with Gasteiger partial charge in [0.2, 0.25) is 0 Å². The molecule has 1 aromatic carbocycles. The molecule has 0 bridgehead atoms. The Bertz CT molecular complexity index is 456. The average Bonchev–Trinajstić information content (AvgIpc) is 2.26. The van der Waals surface area contributed by atoms with Gasteiger partial charge in [-0.1, -0.05) is 17.7 Å². The minimum absolute atomic E-state index is 0.0415. The summed E-state index contributed by atoms with van der Waals surface area (Å²) < 4.78 is 18.2. The summed E-state index contributed by atoms with van der Waals surface area (Å²) in [5, 5.41) is 3.42. The van der Waals surface area contributed by atoms with Crippen molar-refractivity contribution in [1.29, 1.82) is 0 Å². The van der Waals surface area contributed by atoms with Gasteiger partial charge in [0.05, 0.1) is 22.7 Å². The topological polar surface area (TPSA) is 38.3 Å². The molecule has 1 aliphatic rings. The van der Waals surface area contributed by atoms with Gasteiger partial charge in [0.1, 0.15) is 6.23 Å². The molecular weight excluding hydrogens is 258 g/mol. The molecule has 3 nitrogen and oxygen atoms in total. The molecular formula is C15H23NO2S. The molecule has 0 radical (unpaired) electrons. The first-order chi connectivity index (χ1) is 8.85. The normalized spacial score (nSPS) is 28.0. The molecule has 4 heteroatoms. The Labute approximate surface area is 118 Å². The molecule has 0 aromatic heterocycles. The second kappa shape index (κ2) is 5.73. The first-order valence-electron chi connectivity index (χ1n) is 6.74. The molecule has 0 amide bonds. The van der Waals surface area contributed by atoms with Gasteiger partial charge < -0.3 is 4.74 Å². The highest BCUT2D eigenvalue weighted by Crippen LogP contribution is 2.22. The van der Waals surface area contributed by atoms with Crippen LogP contribution in [0.4, 0.5) is 0 Å². The smallest absolute Gasteiger partial charge is 0.120 e. The van der Waals surface area contributed by atoms with E-state index in [1.54, 1.807) is 0 Å². The summed E-state index contributed by atoms with van der Waals surface area (Å²) in [7, 11) is -1.02. The maximum Gasteiger partial charge on any atom is 0.120 e. The van der Waals surface area contributed by atoms with Crippen LogP contribution in [0.3, 0.4) is 0 Å². The molecule has 0 aliphatic carbocycles. The maximum absolute atomic E-state index is 12.3. The lowest BCUT2D eigenvalue weighted by molar-refractivity contribution is -0.0753. The number of benzene rings is 1. The van der Waals surface area contributed by atoms with Crippen molar-refractivity contribution in [3.63, 3.8) is 0 Å². The first kappa shape index (κ1) is 14.7.